The summed E-state index contributed by atoms with van der Waals surface area (Å²) in [5.74, 6) is 0.654. The standard InChI is InChI=1S/C19H21N3O3S/c1-13-14(2)26-18-17(13)19(24)22(12-21-18)10-8-16(23)20-9-11-25-15-6-4-3-5-7-15/h3-7,12H,8-11H2,1-2H3,(H,20,23). The van der Waals surface area contributed by atoms with Gasteiger partial charge >= 0.3 is 0 Å². The van der Waals surface area contributed by atoms with E-state index in [1.807, 2.05) is 44.2 Å². The van der Waals surface area contributed by atoms with Gasteiger partial charge in [-0.3, -0.25) is 14.2 Å². The molecular formula is C19H21N3O3S. The van der Waals surface area contributed by atoms with Gasteiger partial charge in [0.1, 0.15) is 17.2 Å². The van der Waals surface area contributed by atoms with Crippen LogP contribution in [0.4, 0.5) is 0 Å². The summed E-state index contributed by atoms with van der Waals surface area (Å²) in [6.45, 7) is 5.04. The number of hydrogen-bond donors (Lipinski definition) is 1. The molecule has 0 spiro atoms. The lowest BCUT2D eigenvalue weighted by molar-refractivity contribution is -0.121. The molecule has 0 unspecified atom stereocenters. The highest BCUT2D eigenvalue weighted by atomic mass is 32.1. The van der Waals surface area contributed by atoms with E-state index < -0.39 is 0 Å². The molecule has 0 fully saturated rings. The predicted octanol–water partition coefficient (Wildman–Crippen LogP) is 2.66. The van der Waals surface area contributed by atoms with Gasteiger partial charge in [0.15, 0.2) is 0 Å². The van der Waals surface area contributed by atoms with Crippen LogP contribution in [-0.4, -0.2) is 28.6 Å². The molecule has 1 amide bonds. The van der Waals surface area contributed by atoms with Crippen molar-refractivity contribution in [2.75, 3.05) is 13.2 Å². The van der Waals surface area contributed by atoms with E-state index >= 15 is 0 Å². The topological polar surface area (TPSA) is 73.2 Å². The van der Waals surface area contributed by atoms with E-state index in [9.17, 15) is 9.59 Å². The second kappa shape index (κ2) is 8.14. The number of nitrogens with one attached hydrogen (secondary N) is 1. The van der Waals surface area contributed by atoms with Crippen LogP contribution < -0.4 is 15.6 Å². The summed E-state index contributed by atoms with van der Waals surface area (Å²) in [4.78, 5) is 30.7. The van der Waals surface area contributed by atoms with E-state index in [-0.39, 0.29) is 17.9 Å². The highest BCUT2D eigenvalue weighted by molar-refractivity contribution is 7.18. The molecule has 0 aliphatic carbocycles. The minimum absolute atomic E-state index is 0.0861. The zero-order valence-electron chi connectivity index (χ0n) is 14.8. The summed E-state index contributed by atoms with van der Waals surface area (Å²) in [5, 5.41) is 3.46. The molecule has 0 saturated carbocycles. The second-order valence-electron chi connectivity index (χ2n) is 5.97. The summed E-state index contributed by atoms with van der Waals surface area (Å²) < 4.78 is 7.02. The van der Waals surface area contributed by atoms with Crippen LogP contribution in [0.1, 0.15) is 16.9 Å². The zero-order valence-corrected chi connectivity index (χ0v) is 15.6. The van der Waals surface area contributed by atoms with Gasteiger partial charge in [0.2, 0.25) is 5.91 Å². The molecule has 6 nitrogen and oxygen atoms in total. The number of ether oxygens (including phenoxy) is 1. The Labute approximate surface area is 155 Å². The molecule has 7 heteroatoms. The Morgan fingerprint density at radius 1 is 1.27 bits per heavy atom. The zero-order chi connectivity index (χ0) is 18.5. The molecule has 0 atom stereocenters. The van der Waals surface area contributed by atoms with Gasteiger partial charge in [0.05, 0.1) is 18.3 Å². The van der Waals surface area contributed by atoms with Crippen molar-refractivity contribution in [3.8, 4) is 5.75 Å². The number of aryl methyl sites for hydroxylation is 3. The van der Waals surface area contributed by atoms with Crippen molar-refractivity contribution < 1.29 is 9.53 Å². The highest BCUT2D eigenvalue weighted by Gasteiger charge is 2.12. The fourth-order valence-corrected chi connectivity index (χ4v) is 3.60. The lowest BCUT2D eigenvalue weighted by atomic mass is 10.2. The first-order valence-electron chi connectivity index (χ1n) is 8.46. The Morgan fingerprint density at radius 3 is 2.81 bits per heavy atom. The average molecular weight is 371 g/mol. The second-order valence-corrected chi connectivity index (χ2v) is 7.17. The number of hydrogen-bond acceptors (Lipinski definition) is 5. The van der Waals surface area contributed by atoms with Gasteiger partial charge in [-0.05, 0) is 31.5 Å². The van der Waals surface area contributed by atoms with Crippen molar-refractivity contribution in [3.63, 3.8) is 0 Å². The number of carbonyl (C=O) groups is 1. The number of nitrogens with zero attached hydrogens (tertiary/aromatic N) is 2. The number of amides is 1. The van der Waals surface area contributed by atoms with Crippen LogP contribution in [0.25, 0.3) is 10.2 Å². The van der Waals surface area contributed by atoms with Gasteiger partial charge in [-0.25, -0.2) is 4.98 Å². The van der Waals surface area contributed by atoms with Gasteiger partial charge in [0.25, 0.3) is 5.56 Å². The first kappa shape index (κ1) is 18.1. The molecule has 1 N–H and O–H groups in total. The van der Waals surface area contributed by atoms with Gasteiger partial charge in [-0.1, -0.05) is 18.2 Å². The maximum absolute atomic E-state index is 12.6. The van der Waals surface area contributed by atoms with Crippen LogP contribution in [0.3, 0.4) is 0 Å². The Hall–Kier alpha value is -2.67. The van der Waals surface area contributed by atoms with Crippen molar-refractivity contribution in [1.29, 1.82) is 0 Å². The lowest BCUT2D eigenvalue weighted by Gasteiger charge is -2.08. The molecule has 0 aliphatic rings. The van der Waals surface area contributed by atoms with Crippen LogP contribution in [0, 0.1) is 13.8 Å². The van der Waals surface area contributed by atoms with Crippen molar-refractivity contribution in [2.45, 2.75) is 26.8 Å². The van der Waals surface area contributed by atoms with E-state index in [1.165, 1.54) is 22.2 Å². The number of carbonyl (C=O) groups excluding carboxylic acids is 1. The summed E-state index contributed by atoms with van der Waals surface area (Å²) in [5.41, 5.74) is 0.886. The Balaban J connectivity index is 1.50. The summed E-state index contributed by atoms with van der Waals surface area (Å²) >= 11 is 1.52. The van der Waals surface area contributed by atoms with E-state index in [0.717, 1.165) is 21.0 Å². The maximum Gasteiger partial charge on any atom is 0.262 e. The molecule has 0 aliphatic heterocycles. The molecule has 2 aromatic heterocycles. The first-order chi connectivity index (χ1) is 12.6. The van der Waals surface area contributed by atoms with Crippen LogP contribution in [0.2, 0.25) is 0 Å². The molecule has 3 aromatic rings. The fourth-order valence-electron chi connectivity index (χ4n) is 2.62. The molecule has 136 valence electrons. The van der Waals surface area contributed by atoms with Gasteiger partial charge < -0.3 is 10.1 Å². The summed E-state index contributed by atoms with van der Waals surface area (Å²) in [7, 11) is 0. The predicted molar refractivity (Wildman–Crippen MR) is 103 cm³/mol. The highest BCUT2D eigenvalue weighted by Crippen LogP contribution is 2.25. The molecule has 26 heavy (non-hydrogen) atoms. The third-order valence-corrected chi connectivity index (χ3v) is 5.29. The largest absolute Gasteiger partial charge is 0.492 e. The number of aromatic nitrogens is 2. The lowest BCUT2D eigenvalue weighted by Crippen LogP contribution is -2.30. The number of benzene rings is 1. The van der Waals surface area contributed by atoms with E-state index in [0.29, 0.717) is 25.1 Å². The fraction of sp³-hybridized carbons (Fsp3) is 0.316. The van der Waals surface area contributed by atoms with Crippen molar-refractivity contribution >= 4 is 27.5 Å². The van der Waals surface area contributed by atoms with Crippen LogP contribution in [0.5, 0.6) is 5.75 Å². The molecule has 1 aromatic carbocycles. The maximum atomic E-state index is 12.6. The number of para-hydroxylation sites is 1. The van der Waals surface area contributed by atoms with E-state index in [2.05, 4.69) is 10.3 Å². The quantitative estimate of drug-likeness (QED) is 0.648. The van der Waals surface area contributed by atoms with Gasteiger partial charge in [0, 0.05) is 17.8 Å². The number of rotatable bonds is 7. The van der Waals surface area contributed by atoms with E-state index in [1.54, 1.807) is 0 Å². The van der Waals surface area contributed by atoms with Crippen LogP contribution in [-0.2, 0) is 11.3 Å². The van der Waals surface area contributed by atoms with Crippen molar-refractivity contribution in [1.82, 2.24) is 14.9 Å². The minimum Gasteiger partial charge on any atom is -0.492 e. The SMILES string of the molecule is Cc1sc2ncn(CCC(=O)NCCOc3ccccc3)c(=O)c2c1C. The molecule has 0 saturated heterocycles. The molecule has 0 radical (unpaired) electrons. The van der Waals surface area contributed by atoms with Gasteiger partial charge in [-0.2, -0.15) is 0 Å². The Morgan fingerprint density at radius 2 is 2.04 bits per heavy atom. The summed E-state index contributed by atoms with van der Waals surface area (Å²) in [6.07, 6.45) is 1.74. The Kier molecular flexibility index (Phi) is 5.68. The first-order valence-corrected chi connectivity index (χ1v) is 9.27. The van der Waals surface area contributed by atoms with Crippen molar-refractivity contribution in [3.05, 3.63) is 57.5 Å². The third-order valence-electron chi connectivity index (χ3n) is 4.17. The smallest absolute Gasteiger partial charge is 0.262 e. The summed E-state index contributed by atoms with van der Waals surface area (Å²) in [6, 6.07) is 9.44. The normalized spacial score (nSPS) is 10.8. The van der Waals surface area contributed by atoms with Crippen LogP contribution >= 0.6 is 11.3 Å². The van der Waals surface area contributed by atoms with Crippen LogP contribution in [0.15, 0.2) is 41.5 Å². The molecule has 0 bridgehead atoms. The average Bonchev–Trinajstić information content (AvgIpc) is 2.94. The minimum atomic E-state index is -0.119. The molecule has 3 rings (SSSR count). The molecular weight excluding hydrogens is 350 g/mol. The monoisotopic (exact) mass is 371 g/mol. The Bertz CT molecular complexity index is 963. The molecule has 2 heterocycles. The third kappa shape index (κ3) is 4.11. The van der Waals surface area contributed by atoms with Gasteiger partial charge in [-0.15, -0.1) is 11.3 Å². The number of thiophene rings is 1. The number of fused-ring (bicyclic) bond motifs is 1. The van der Waals surface area contributed by atoms with Crippen molar-refractivity contribution in [2.24, 2.45) is 0 Å². The van der Waals surface area contributed by atoms with E-state index in [4.69, 9.17) is 4.74 Å².